The lowest BCUT2D eigenvalue weighted by Crippen LogP contribution is -2.16. The maximum absolute atomic E-state index is 11.2. The van der Waals surface area contributed by atoms with Crippen molar-refractivity contribution in [3.63, 3.8) is 0 Å². The fraction of sp³-hybridized carbons (Fsp3) is 0.938. The van der Waals surface area contributed by atoms with Crippen molar-refractivity contribution in [3.05, 3.63) is 0 Å². The maximum atomic E-state index is 11.2. The van der Waals surface area contributed by atoms with Gasteiger partial charge in [-0.15, -0.1) is 11.8 Å². The van der Waals surface area contributed by atoms with Gasteiger partial charge in [0.15, 0.2) is 0 Å². The molecule has 1 N–H and O–H groups in total. The van der Waals surface area contributed by atoms with E-state index >= 15 is 0 Å². The van der Waals surface area contributed by atoms with E-state index in [1.807, 2.05) is 0 Å². The van der Waals surface area contributed by atoms with Crippen LogP contribution in [0.3, 0.4) is 0 Å². The molecule has 114 valence electrons. The number of thioether (sulfide) groups is 1. The van der Waals surface area contributed by atoms with Gasteiger partial charge in [0.2, 0.25) is 0 Å². The summed E-state index contributed by atoms with van der Waals surface area (Å²) in [6.07, 6.45) is 13.2. The Hall–Kier alpha value is -0.180. The van der Waals surface area contributed by atoms with Gasteiger partial charge in [0, 0.05) is 0 Å². The van der Waals surface area contributed by atoms with Crippen LogP contribution in [0.25, 0.3) is 0 Å². The zero-order chi connectivity index (χ0) is 14.3. The van der Waals surface area contributed by atoms with E-state index in [2.05, 4.69) is 13.8 Å². The molecule has 0 radical (unpaired) electrons. The molecule has 0 bridgehead atoms. The van der Waals surface area contributed by atoms with E-state index in [-0.39, 0.29) is 5.25 Å². The largest absolute Gasteiger partial charge is 0.480 e. The van der Waals surface area contributed by atoms with Crippen molar-refractivity contribution in [3.8, 4) is 0 Å². The average molecular weight is 288 g/mol. The Morgan fingerprint density at radius 3 is 2.00 bits per heavy atom. The number of hydrogen-bond acceptors (Lipinski definition) is 2. The number of unbranched alkanes of at least 4 members (excludes halogenated alkanes) is 8. The van der Waals surface area contributed by atoms with Crippen LogP contribution in [-0.2, 0) is 4.79 Å². The van der Waals surface area contributed by atoms with Crippen LogP contribution in [0.15, 0.2) is 0 Å². The van der Waals surface area contributed by atoms with Crippen LogP contribution < -0.4 is 0 Å². The summed E-state index contributed by atoms with van der Waals surface area (Å²) in [4.78, 5) is 11.2. The summed E-state index contributed by atoms with van der Waals surface area (Å²) in [6.45, 7) is 4.42. The minimum Gasteiger partial charge on any atom is -0.480 e. The highest BCUT2D eigenvalue weighted by Crippen LogP contribution is 2.20. The molecule has 0 aromatic heterocycles. The van der Waals surface area contributed by atoms with Crippen LogP contribution in [0.1, 0.15) is 84.5 Å². The number of rotatable bonds is 14. The molecule has 2 nitrogen and oxygen atoms in total. The van der Waals surface area contributed by atoms with Gasteiger partial charge in [-0.3, -0.25) is 4.79 Å². The fourth-order valence-electron chi connectivity index (χ4n) is 2.14. The van der Waals surface area contributed by atoms with Gasteiger partial charge >= 0.3 is 5.97 Å². The molecule has 0 aliphatic heterocycles. The predicted octanol–water partition coefficient (Wildman–Crippen LogP) is 5.50. The van der Waals surface area contributed by atoms with Crippen LogP contribution >= 0.6 is 11.8 Å². The standard InChI is InChI=1S/C16H32O2S/c1-3-5-7-9-10-11-13-15(16(17)18)19-14-12-8-6-4-2/h15H,3-14H2,1-2H3,(H,17,18). The molecule has 0 aliphatic rings. The molecule has 1 unspecified atom stereocenters. The Morgan fingerprint density at radius 1 is 0.895 bits per heavy atom. The van der Waals surface area contributed by atoms with Crippen molar-refractivity contribution in [2.75, 3.05) is 5.75 Å². The normalized spacial score (nSPS) is 12.5. The van der Waals surface area contributed by atoms with Gasteiger partial charge in [-0.2, -0.15) is 0 Å². The highest BCUT2D eigenvalue weighted by Gasteiger charge is 2.16. The SMILES string of the molecule is CCCCCCCCC(SCCCCCC)C(=O)O. The molecule has 0 aromatic rings. The van der Waals surface area contributed by atoms with Crippen molar-refractivity contribution in [1.29, 1.82) is 0 Å². The van der Waals surface area contributed by atoms with E-state index in [0.29, 0.717) is 0 Å². The van der Waals surface area contributed by atoms with E-state index in [1.54, 1.807) is 11.8 Å². The molecule has 0 rings (SSSR count). The third-order valence-corrected chi connectivity index (χ3v) is 4.78. The molecule has 0 aromatic carbocycles. The Balaban J connectivity index is 3.54. The molecule has 3 heteroatoms. The van der Waals surface area contributed by atoms with Crippen LogP contribution in [-0.4, -0.2) is 22.1 Å². The zero-order valence-electron chi connectivity index (χ0n) is 12.8. The van der Waals surface area contributed by atoms with E-state index < -0.39 is 5.97 Å². The molecular weight excluding hydrogens is 256 g/mol. The Labute approximate surface area is 123 Å². The van der Waals surface area contributed by atoms with Gasteiger partial charge in [0.05, 0.1) is 0 Å². The minimum atomic E-state index is -0.617. The van der Waals surface area contributed by atoms with E-state index in [1.165, 1.54) is 57.8 Å². The summed E-state index contributed by atoms with van der Waals surface area (Å²) in [5, 5.41) is 9.02. The molecule has 1 atom stereocenters. The monoisotopic (exact) mass is 288 g/mol. The Kier molecular flexibility index (Phi) is 14.1. The summed E-state index contributed by atoms with van der Waals surface area (Å²) >= 11 is 1.65. The van der Waals surface area contributed by atoms with Crippen molar-refractivity contribution in [2.24, 2.45) is 0 Å². The molecule has 0 saturated heterocycles. The van der Waals surface area contributed by atoms with Crippen LogP contribution in [0, 0.1) is 0 Å². The molecule has 19 heavy (non-hydrogen) atoms. The predicted molar refractivity (Wildman–Crippen MR) is 86.0 cm³/mol. The molecule has 0 saturated carbocycles. The van der Waals surface area contributed by atoms with Crippen molar-refractivity contribution in [2.45, 2.75) is 89.7 Å². The minimum absolute atomic E-state index is 0.173. The van der Waals surface area contributed by atoms with Crippen molar-refractivity contribution in [1.82, 2.24) is 0 Å². The third kappa shape index (κ3) is 12.6. The van der Waals surface area contributed by atoms with Crippen LogP contribution in [0.2, 0.25) is 0 Å². The van der Waals surface area contributed by atoms with Crippen LogP contribution in [0.5, 0.6) is 0 Å². The molecule has 0 heterocycles. The smallest absolute Gasteiger partial charge is 0.316 e. The quantitative estimate of drug-likeness (QED) is 0.429. The molecule has 0 fully saturated rings. The maximum Gasteiger partial charge on any atom is 0.316 e. The number of hydrogen-bond donors (Lipinski definition) is 1. The van der Waals surface area contributed by atoms with Gasteiger partial charge in [-0.25, -0.2) is 0 Å². The average Bonchev–Trinajstić information content (AvgIpc) is 2.39. The van der Waals surface area contributed by atoms with Gasteiger partial charge in [0.1, 0.15) is 5.25 Å². The van der Waals surface area contributed by atoms with Gasteiger partial charge < -0.3 is 5.11 Å². The number of carboxylic acid groups (broad SMARTS) is 1. The highest BCUT2D eigenvalue weighted by atomic mass is 32.2. The van der Waals surface area contributed by atoms with Gasteiger partial charge in [0.25, 0.3) is 0 Å². The second-order valence-electron chi connectivity index (χ2n) is 5.31. The number of aliphatic carboxylic acids is 1. The summed E-state index contributed by atoms with van der Waals surface area (Å²) in [5.41, 5.74) is 0. The van der Waals surface area contributed by atoms with Gasteiger partial charge in [-0.05, 0) is 18.6 Å². The second kappa shape index (κ2) is 14.2. The Bertz CT molecular complexity index is 207. The first kappa shape index (κ1) is 18.8. The third-order valence-electron chi connectivity index (χ3n) is 3.41. The van der Waals surface area contributed by atoms with E-state index in [0.717, 1.165) is 18.6 Å². The van der Waals surface area contributed by atoms with Crippen LogP contribution in [0.4, 0.5) is 0 Å². The highest BCUT2D eigenvalue weighted by molar-refractivity contribution is 8.00. The lowest BCUT2D eigenvalue weighted by molar-refractivity contribution is -0.136. The van der Waals surface area contributed by atoms with Crippen molar-refractivity contribution < 1.29 is 9.90 Å². The number of carbonyl (C=O) groups is 1. The summed E-state index contributed by atoms with van der Waals surface area (Å²) in [5.74, 6) is 0.390. The first-order valence-corrected chi connectivity index (χ1v) is 9.11. The lowest BCUT2D eigenvalue weighted by atomic mass is 10.1. The lowest BCUT2D eigenvalue weighted by Gasteiger charge is -2.11. The fourth-order valence-corrected chi connectivity index (χ4v) is 3.27. The second-order valence-corrected chi connectivity index (χ2v) is 6.63. The molecule has 0 spiro atoms. The summed E-state index contributed by atoms with van der Waals surface area (Å²) in [7, 11) is 0. The van der Waals surface area contributed by atoms with Gasteiger partial charge in [-0.1, -0.05) is 71.6 Å². The van der Waals surface area contributed by atoms with Crippen molar-refractivity contribution >= 4 is 17.7 Å². The number of carboxylic acids is 1. The molecule has 0 aliphatic carbocycles. The first-order chi connectivity index (χ1) is 9.22. The van der Waals surface area contributed by atoms with E-state index in [9.17, 15) is 9.90 Å². The molecular formula is C16H32O2S. The summed E-state index contributed by atoms with van der Waals surface area (Å²) < 4.78 is 0. The Morgan fingerprint density at radius 2 is 1.42 bits per heavy atom. The zero-order valence-corrected chi connectivity index (χ0v) is 13.6. The van der Waals surface area contributed by atoms with E-state index in [4.69, 9.17) is 0 Å². The summed E-state index contributed by atoms with van der Waals surface area (Å²) in [6, 6.07) is 0. The first-order valence-electron chi connectivity index (χ1n) is 8.06. The topological polar surface area (TPSA) is 37.3 Å². The molecule has 0 amide bonds.